The second-order valence-electron chi connectivity index (χ2n) is 5.09. The number of hydrogen-bond acceptors (Lipinski definition) is 2. The van der Waals surface area contributed by atoms with Crippen LogP contribution in [0.2, 0.25) is 0 Å². The summed E-state index contributed by atoms with van der Waals surface area (Å²) in [7, 11) is 0. The third kappa shape index (κ3) is 0.701. The Kier molecular flexibility index (Phi) is 1.45. The molecule has 0 bridgehead atoms. The molecule has 3 fully saturated rings. The molecule has 0 saturated heterocycles. The summed E-state index contributed by atoms with van der Waals surface area (Å²) < 4.78 is 5.64. The zero-order chi connectivity index (χ0) is 9.10. The van der Waals surface area contributed by atoms with Crippen LogP contribution in [-0.2, 0) is 4.74 Å². The molecule has 74 valence electrons. The average Bonchev–Trinajstić information content (AvgIpc) is 2.55. The highest BCUT2D eigenvalue weighted by Gasteiger charge is 2.88. The van der Waals surface area contributed by atoms with Crippen molar-refractivity contribution in [2.24, 2.45) is 16.7 Å². The van der Waals surface area contributed by atoms with Gasteiger partial charge in [-0.05, 0) is 30.6 Å². The number of rotatable bonds is 4. The van der Waals surface area contributed by atoms with E-state index in [0.29, 0.717) is 18.1 Å². The lowest BCUT2D eigenvalue weighted by Crippen LogP contribution is -2.55. The summed E-state index contributed by atoms with van der Waals surface area (Å²) in [6.07, 6.45) is 5.97. The van der Waals surface area contributed by atoms with Gasteiger partial charge in [-0.1, -0.05) is 13.3 Å². The Morgan fingerprint density at radius 3 is 2.77 bits per heavy atom. The monoisotopic (exact) mass is 182 g/mol. The molecule has 0 aliphatic heterocycles. The van der Waals surface area contributed by atoms with Crippen molar-refractivity contribution in [3.8, 4) is 0 Å². The van der Waals surface area contributed by atoms with Crippen molar-refractivity contribution < 1.29 is 9.84 Å². The average molecular weight is 182 g/mol. The van der Waals surface area contributed by atoms with E-state index in [1.54, 1.807) is 0 Å². The maximum absolute atomic E-state index is 8.67. The summed E-state index contributed by atoms with van der Waals surface area (Å²) in [6.45, 7) is 3.03. The molecule has 3 aliphatic rings. The van der Waals surface area contributed by atoms with Crippen LogP contribution in [-0.4, -0.2) is 24.4 Å². The molecule has 2 nitrogen and oxygen atoms in total. The lowest BCUT2D eigenvalue weighted by Gasteiger charge is -2.57. The lowest BCUT2D eigenvalue weighted by molar-refractivity contribution is -0.171. The Labute approximate surface area is 79.3 Å². The van der Waals surface area contributed by atoms with Gasteiger partial charge in [-0.2, -0.15) is 0 Å². The smallest absolute Gasteiger partial charge is 0.0701 e. The molecule has 0 aromatic rings. The summed E-state index contributed by atoms with van der Waals surface area (Å²) in [4.78, 5) is 0. The fourth-order valence-electron chi connectivity index (χ4n) is 4.20. The van der Waals surface area contributed by atoms with Crippen molar-refractivity contribution in [1.29, 1.82) is 0 Å². The molecule has 0 aromatic heterocycles. The maximum atomic E-state index is 8.67. The first kappa shape index (κ1) is 8.25. The predicted octanol–water partition coefficient (Wildman–Crippen LogP) is 1.57. The molecular weight excluding hydrogens is 164 g/mol. The van der Waals surface area contributed by atoms with Crippen molar-refractivity contribution in [3.05, 3.63) is 0 Å². The second kappa shape index (κ2) is 2.29. The highest BCUT2D eigenvalue weighted by molar-refractivity contribution is 5.36. The number of aliphatic hydroxyl groups is 1. The molecule has 1 N–H and O–H groups in total. The van der Waals surface area contributed by atoms with Crippen LogP contribution in [0.4, 0.5) is 0 Å². The fourth-order valence-corrected chi connectivity index (χ4v) is 4.20. The Balaban J connectivity index is 1.59. The molecule has 4 atom stereocenters. The number of hydrogen-bond donors (Lipinski definition) is 1. The third-order valence-corrected chi connectivity index (χ3v) is 4.96. The highest BCUT2D eigenvalue weighted by Crippen LogP contribution is 2.91. The van der Waals surface area contributed by atoms with E-state index in [0.717, 1.165) is 11.3 Å². The molecule has 0 amide bonds. The zero-order valence-electron chi connectivity index (χ0n) is 8.25. The number of ether oxygens (including phenoxy) is 1. The van der Waals surface area contributed by atoms with E-state index in [1.807, 2.05) is 0 Å². The van der Waals surface area contributed by atoms with Gasteiger partial charge in [0.15, 0.2) is 0 Å². The van der Waals surface area contributed by atoms with E-state index in [9.17, 15) is 0 Å². The minimum Gasteiger partial charge on any atom is -0.394 e. The third-order valence-electron chi connectivity index (χ3n) is 4.96. The fraction of sp³-hybridized carbons (Fsp3) is 1.00. The van der Waals surface area contributed by atoms with Crippen molar-refractivity contribution in [3.63, 3.8) is 0 Å². The lowest BCUT2D eigenvalue weighted by atomic mass is 9.51. The van der Waals surface area contributed by atoms with Crippen molar-refractivity contribution in [2.45, 2.75) is 38.7 Å². The quantitative estimate of drug-likeness (QED) is 0.715. The Morgan fingerprint density at radius 1 is 1.38 bits per heavy atom. The molecule has 3 rings (SSSR count). The molecule has 0 heterocycles. The van der Waals surface area contributed by atoms with E-state index in [-0.39, 0.29) is 6.61 Å². The van der Waals surface area contributed by atoms with Crippen LogP contribution in [0.3, 0.4) is 0 Å². The van der Waals surface area contributed by atoms with Gasteiger partial charge in [-0.25, -0.2) is 0 Å². The van der Waals surface area contributed by atoms with Gasteiger partial charge in [0.05, 0.1) is 19.3 Å². The van der Waals surface area contributed by atoms with E-state index >= 15 is 0 Å². The van der Waals surface area contributed by atoms with Crippen LogP contribution in [0.5, 0.6) is 0 Å². The Hall–Kier alpha value is -0.0800. The van der Waals surface area contributed by atoms with Crippen molar-refractivity contribution >= 4 is 0 Å². The molecule has 0 radical (unpaired) electrons. The van der Waals surface area contributed by atoms with Gasteiger partial charge >= 0.3 is 0 Å². The van der Waals surface area contributed by atoms with E-state index in [4.69, 9.17) is 9.84 Å². The van der Waals surface area contributed by atoms with Gasteiger partial charge in [-0.15, -0.1) is 0 Å². The van der Waals surface area contributed by atoms with Crippen LogP contribution in [0.15, 0.2) is 0 Å². The summed E-state index contributed by atoms with van der Waals surface area (Å²) in [6, 6.07) is 0. The minimum absolute atomic E-state index is 0.177. The van der Waals surface area contributed by atoms with Gasteiger partial charge in [0, 0.05) is 5.41 Å². The maximum Gasteiger partial charge on any atom is 0.0701 e. The summed E-state index contributed by atoms with van der Waals surface area (Å²) in [5.74, 6) is 1.00. The van der Waals surface area contributed by atoms with Crippen LogP contribution in [0.25, 0.3) is 0 Å². The molecule has 13 heavy (non-hydrogen) atoms. The van der Waals surface area contributed by atoms with Crippen LogP contribution < -0.4 is 0 Å². The first-order valence-electron chi connectivity index (χ1n) is 5.51. The van der Waals surface area contributed by atoms with Gasteiger partial charge in [-0.3, -0.25) is 0 Å². The van der Waals surface area contributed by atoms with Crippen LogP contribution >= 0.6 is 0 Å². The normalized spacial score (nSPS) is 55.8. The SMILES string of the molecule is CCC1CC23CC12CC3OCCO. The highest BCUT2D eigenvalue weighted by atomic mass is 16.5. The molecule has 4 unspecified atom stereocenters. The topological polar surface area (TPSA) is 29.5 Å². The first-order valence-corrected chi connectivity index (χ1v) is 5.51. The molecule has 2 heteroatoms. The first-order chi connectivity index (χ1) is 6.29. The van der Waals surface area contributed by atoms with Gasteiger partial charge in [0.25, 0.3) is 0 Å². The summed E-state index contributed by atoms with van der Waals surface area (Å²) >= 11 is 0. The molecule has 0 spiro atoms. The van der Waals surface area contributed by atoms with Crippen LogP contribution in [0.1, 0.15) is 32.6 Å². The largest absolute Gasteiger partial charge is 0.394 e. The van der Waals surface area contributed by atoms with Gasteiger partial charge in [0.1, 0.15) is 0 Å². The minimum atomic E-state index is 0.177. The second-order valence-corrected chi connectivity index (χ2v) is 5.09. The summed E-state index contributed by atoms with van der Waals surface area (Å²) in [5, 5.41) is 8.67. The molecule has 3 aliphatic carbocycles. The van der Waals surface area contributed by atoms with E-state index < -0.39 is 0 Å². The summed E-state index contributed by atoms with van der Waals surface area (Å²) in [5.41, 5.74) is 1.35. The van der Waals surface area contributed by atoms with Gasteiger partial charge < -0.3 is 9.84 Å². The van der Waals surface area contributed by atoms with Crippen molar-refractivity contribution in [2.75, 3.05) is 13.2 Å². The van der Waals surface area contributed by atoms with Crippen molar-refractivity contribution in [1.82, 2.24) is 0 Å². The van der Waals surface area contributed by atoms with Gasteiger partial charge in [0.2, 0.25) is 0 Å². The zero-order valence-corrected chi connectivity index (χ0v) is 8.25. The number of aliphatic hydroxyl groups excluding tert-OH is 1. The Bertz CT molecular complexity index is 240. The Morgan fingerprint density at radius 2 is 2.23 bits per heavy atom. The standard InChI is InChI=1S/C11H18O2/c1-2-8-5-11-7-10(8,11)6-9(11)13-4-3-12/h8-9,12H,2-7H2,1H3. The van der Waals surface area contributed by atoms with E-state index in [2.05, 4.69) is 6.92 Å². The molecular formula is C11H18O2. The van der Waals surface area contributed by atoms with E-state index in [1.165, 1.54) is 25.7 Å². The molecule has 0 aromatic carbocycles. The van der Waals surface area contributed by atoms with Crippen LogP contribution in [0, 0.1) is 16.7 Å². The predicted molar refractivity (Wildman–Crippen MR) is 49.3 cm³/mol. The molecule has 3 saturated carbocycles.